The molecule has 0 saturated heterocycles. The van der Waals surface area contributed by atoms with Gasteiger partial charge in [0.15, 0.2) is 5.65 Å². The highest BCUT2D eigenvalue weighted by Gasteiger charge is 2.11. The number of nitrogens with zero attached hydrogens (tertiary/aromatic N) is 3. The number of carbonyl (C=O) groups excluding carboxylic acids is 1. The monoisotopic (exact) mass is 210 g/mol. The number of hydrogen-bond acceptors (Lipinski definition) is 3. The van der Waals surface area contributed by atoms with Crippen LogP contribution in [0.3, 0.4) is 0 Å². The average molecular weight is 211 g/mol. The number of carbonyl (C=O) groups is 1. The molecule has 6 heteroatoms. The lowest BCUT2D eigenvalue weighted by Gasteiger charge is -1.96. The topological polar surface area (TPSA) is 59.3 Å². The highest BCUT2D eigenvalue weighted by Crippen LogP contribution is 2.11. The molecule has 2 aromatic heterocycles. The van der Waals surface area contributed by atoms with Crippen LogP contribution in [0.1, 0.15) is 10.4 Å². The third-order valence-corrected chi connectivity index (χ3v) is 1.99. The maximum atomic E-state index is 11.3. The Labute approximate surface area is 84.7 Å². The standard InChI is InChI=1S/C8H7ClN4O/c1-10-8(14)6-3-12-13-4-5(9)2-11-7(6)13/h2-4H,1H3,(H,10,14). The molecule has 14 heavy (non-hydrogen) atoms. The van der Waals surface area contributed by atoms with E-state index in [1.807, 2.05) is 0 Å². The van der Waals surface area contributed by atoms with Gasteiger partial charge in [-0.25, -0.2) is 9.50 Å². The molecule has 0 radical (unpaired) electrons. The second kappa shape index (κ2) is 3.26. The van der Waals surface area contributed by atoms with Gasteiger partial charge in [0, 0.05) is 13.2 Å². The first-order valence-electron chi connectivity index (χ1n) is 3.93. The molecule has 0 aliphatic carbocycles. The molecule has 0 aliphatic heterocycles. The van der Waals surface area contributed by atoms with Crippen LogP contribution in [0.4, 0.5) is 0 Å². The third kappa shape index (κ3) is 1.31. The summed E-state index contributed by atoms with van der Waals surface area (Å²) in [7, 11) is 1.56. The summed E-state index contributed by atoms with van der Waals surface area (Å²) in [5, 5.41) is 6.94. The number of hydrogen-bond donors (Lipinski definition) is 1. The zero-order valence-corrected chi connectivity index (χ0v) is 8.12. The number of aromatic nitrogens is 3. The maximum absolute atomic E-state index is 11.3. The fourth-order valence-electron chi connectivity index (χ4n) is 1.15. The minimum atomic E-state index is -0.213. The Balaban J connectivity index is 2.64. The lowest BCUT2D eigenvalue weighted by Crippen LogP contribution is -2.17. The third-order valence-electron chi connectivity index (χ3n) is 1.80. The van der Waals surface area contributed by atoms with E-state index in [4.69, 9.17) is 11.6 Å². The van der Waals surface area contributed by atoms with Gasteiger partial charge in [0.1, 0.15) is 5.56 Å². The predicted molar refractivity (Wildman–Crippen MR) is 51.4 cm³/mol. The van der Waals surface area contributed by atoms with Crippen molar-refractivity contribution in [3.63, 3.8) is 0 Å². The quantitative estimate of drug-likeness (QED) is 0.756. The van der Waals surface area contributed by atoms with Crippen LogP contribution in [0, 0.1) is 0 Å². The lowest BCUT2D eigenvalue weighted by molar-refractivity contribution is 0.0964. The van der Waals surface area contributed by atoms with Gasteiger partial charge in [-0.3, -0.25) is 4.79 Å². The molecule has 0 bridgehead atoms. The van der Waals surface area contributed by atoms with Gasteiger partial charge < -0.3 is 5.32 Å². The van der Waals surface area contributed by atoms with Crippen molar-refractivity contribution >= 4 is 23.2 Å². The predicted octanol–water partition coefficient (Wildman–Crippen LogP) is 0.742. The molecule has 0 aliphatic rings. The van der Waals surface area contributed by atoms with Gasteiger partial charge in [-0.15, -0.1) is 0 Å². The Hall–Kier alpha value is -1.62. The molecule has 5 nitrogen and oxygen atoms in total. The summed E-state index contributed by atoms with van der Waals surface area (Å²) in [6, 6.07) is 0. The summed E-state index contributed by atoms with van der Waals surface area (Å²) in [4.78, 5) is 15.4. The Morgan fingerprint density at radius 3 is 3.07 bits per heavy atom. The van der Waals surface area contributed by atoms with Gasteiger partial charge in [0.25, 0.3) is 5.91 Å². The first-order chi connectivity index (χ1) is 6.72. The van der Waals surface area contributed by atoms with Gasteiger partial charge in [0.05, 0.1) is 17.4 Å². The Bertz CT molecular complexity index is 493. The number of amides is 1. The molecule has 2 heterocycles. The Morgan fingerprint density at radius 1 is 1.57 bits per heavy atom. The molecule has 2 aromatic rings. The fourth-order valence-corrected chi connectivity index (χ4v) is 1.29. The second-order valence-electron chi connectivity index (χ2n) is 2.68. The molecule has 0 aromatic carbocycles. The molecule has 0 saturated carbocycles. The summed E-state index contributed by atoms with van der Waals surface area (Å²) in [5.41, 5.74) is 0.929. The van der Waals surface area contributed by atoms with E-state index in [1.54, 1.807) is 13.2 Å². The van der Waals surface area contributed by atoms with Crippen molar-refractivity contribution in [2.24, 2.45) is 0 Å². The van der Waals surface area contributed by atoms with Crippen LogP contribution >= 0.6 is 11.6 Å². The highest BCUT2D eigenvalue weighted by atomic mass is 35.5. The molecule has 0 unspecified atom stereocenters. The van der Waals surface area contributed by atoms with Gasteiger partial charge in [-0.2, -0.15) is 5.10 Å². The lowest BCUT2D eigenvalue weighted by atomic mass is 10.3. The van der Waals surface area contributed by atoms with Crippen LogP contribution in [-0.2, 0) is 0 Å². The van der Waals surface area contributed by atoms with E-state index in [-0.39, 0.29) is 5.91 Å². The number of rotatable bonds is 1. The van der Waals surface area contributed by atoms with Crippen molar-refractivity contribution in [1.29, 1.82) is 0 Å². The van der Waals surface area contributed by atoms with Crippen LogP contribution < -0.4 is 5.32 Å². The van der Waals surface area contributed by atoms with Crippen LogP contribution in [0.25, 0.3) is 5.65 Å². The highest BCUT2D eigenvalue weighted by molar-refractivity contribution is 6.30. The number of fused-ring (bicyclic) bond motifs is 1. The summed E-state index contributed by atoms with van der Waals surface area (Å²) in [5.74, 6) is -0.213. The van der Waals surface area contributed by atoms with Gasteiger partial charge in [-0.1, -0.05) is 11.6 Å². The van der Waals surface area contributed by atoms with Crippen LogP contribution in [-0.4, -0.2) is 27.6 Å². The summed E-state index contributed by atoms with van der Waals surface area (Å²) in [6.07, 6.45) is 4.53. The molecule has 0 atom stereocenters. The van der Waals surface area contributed by atoms with Crippen LogP contribution in [0.2, 0.25) is 5.02 Å². The van der Waals surface area contributed by atoms with Crippen LogP contribution in [0.15, 0.2) is 18.6 Å². The SMILES string of the molecule is CNC(=O)c1cnn2cc(Cl)cnc12. The van der Waals surface area contributed by atoms with Crippen molar-refractivity contribution in [3.8, 4) is 0 Å². The van der Waals surface area contributed by atoms with Crippen molar-refractivity contribution in [2.75, 3.05) is 7.05 Å². The van der Waals surface area contributed by atoms with E-state index < -0.39 is 0 Å². The zero-order valence-electron chi connectivity index (χ0n) is 7.36. The molecule has 0 spiro atoms. The van der Waals surface area contributed by atoms with Crippen molar-refractivity contribution in [3.05, 3.63) is 29.2 Å². The van der Waals surface area contributed by atoms with E-state index >= 15 is 0 Å². The molecular weight excluding hydrogens is 204 g/mol. The normalized spacial score (nSPS) is 10.4. The summed E-state index contributed by atoms with van der Waals surface area (Å²) >= 11 is 5.72. The minimum Gasteiger partial charge on any atom is -0.355 e. The molecule has 0 fully saturated rings. The molecule has 1 N–H and O–H groups in total. The molecule has 72 valence electrons. The fraction of sp³-hybridized carbons (Fsp3) is 0.125. The Morgan fingerprint density at radius 2 is 2.36 bits per heavy atom. The average Bonchev–Trinajstić information content (AvgIpc) is 2.59. The number of halogens is 1. The van der Waals surface area contributed by atoms with Gasteiger partial charge in [0.2, 0.25) is 0 Å². The second-order valence-corrected chi connectivity index (χ2v) is 3.11. The minimum absolute atomic E-state index is 0.213. The first kappa shape index (κ1) is 8.96. The van der Waals surface area contributed by atoms with E-state index in [2.05, 4.69) is 15.4 Å². The van der Waals surface area contributed by atoms with E-state index in [1.165, 1.54) is 16.9 Å². The van der Waals surface area contributed by atoms with Crippen molar-refractivity contribution in [1.82, 2.24) is 19.9 Å². The number of nitrogens with one attached hydrogen (secondary N) is 1. The zero-order chi connectivity index (χ0) is 10.1. The van der Waals surface area contributed by atoms with Crippen LogP contribution in [0.5, 0.6) is 0 Å². The Kier molecular flexibility index (Phi) is 2.09. The largest absolute Gasteiger partial charge is 0.355 e. The van der Waals surface area contributed by atoms with Crippen molar-refractivity contribution < 1.29 is 4.79 Å². The first-order valence-corrected chi connectivity index (χ1v) is 4.31. The molecule has 1 amide bonds. The van der Waals surface area contributed by atoms with Crippen molar-refractivity contribution in [2.45, 2.75) is 0 Å². The molecular formula is C8H7ClN4O. The van der Waals surface area contributed by atoms with E-state index in [0.29, 0.717) is 16.2 Å². The van der Waals surface area contributed by atoms with E-state index in [9.17, 15) is 4.79 Å². The smallest absolute Gasteiger partial charge is 0.256 e. The maximum Gasteiger partial charge on any atom is 0.256 e. The van der Waals surface area contributed by atoms with Gasteiger partial charge in [-0.05, 0) is 0 Å². The van der Waals surface area contributed by atoms with E-state index in [0.717, 1.165) is 0 Å². The van der Waals surface area contributed by atoms with Gasteiger partial charge >= 0.3 is 0 Å². The summed E-state index contributed by atoms with van der Waals surface area (Å²) in [6.45, 7) is 0. The molecule has 2 rings (SSSR count). The summed E-state index contributed by atoms with van der Waals surface area (Å²) < 4.78 is 1.47.